The Hall–Kier alpha value is -0.780. The molecule has 0 spiro atoms. The van der Waals surface area contributed by atoms with Crippen LogP contribution in [0.2, 0.25) is 0 Å². The second kappa shape index (κ2) is 5.03. The van der Waals surface area contributed by atoms with Gasteiger partial charge in [-0.25, -0.2) is 4.39 Å². The summed E-state index contributed by atoms with van der Waals surface area (Å²) in [5.74, 6) is -0.256. The van der Waals surface area contributed by atoms with Gasteiger partial charge in [0.15, 0.2) is 0 Å². The first-order valence-electron chi connectivity index (χ1n) is 4.75. The lowest BCUT2D eigenvalue weighted by atomic mass is 10.1. The van der Waals surface area contributed by atoms with E-state index in [2.05, 4.69) is 20.9 Å². The Kier molecular flexibility index (Phi) is 3.68. The number of halogens is 2. The van der Waals surface area contributed by atoms with E-state index >= 15 is 0 Å². The molecule has 0 radical (unpaired) electrons. The Morgan fingerprint density at radius 3 is 3.00 bits per heavy atom. The van der Waals surface area contributed by atoms with Crippen LogP contribution < -0.4 is 5.73 Å². The number of nitrogens with zero attached hydrogens (tertiary/aromatic N) is 1. The first kappa shape index (κ1) is 11.7. The van der Waals surface area contributed by atoms with Crippen molar-refractivity contribution >= 4 is 27.3 Å². The molecule has 0 saturated heterocycles. The molecule has 1 heterocycles. The van der Waals surface area contributed by atoms with E-state index in [9.17, 15) is 4.39 Å². The van der Waals surface area contributed by atoms with Crippen LogP contribution in [0.4, 0.5) is 4.39 Å². The molecule has 0 amide bonds. The van der Waals surface area contributed by atoms with E-state index in [4.69, 9.17) is 5.73 Å². The topological polar surface area (TPSA) is 38.9 Å². The molecule has 1 unspecified atom stereocenters. The zero-order chi connectivity index (χ0) is 11.5. The van der Waals surface area contributed by atoms with Crippen molar-refractivity contribution in [2.45, 2.75) is 12.5 Å². The molecule has 84 valence electrons. The molecule has 16 heavy (non-hydrogen) atoms. The van der Waals surface area contributed by atoms with Crippen LogP contribution in [0.1, 0.15) is 16.5 Å². The molecule has 2 N–H and O–H groups in total. The third kappa shape index (κ3) is 2.48. The molecule has 0 aliphatic heterocycles. The lowest BCUT2D eigenvalue weighted by molar-refractivity contribution is 0.614. The van der Waals surface area contributed by atoms with Crippen molar-refractivity contribution < 1.29 is 4.39 Å². The third-order valence-electron chi connectivity index (χ3n) is 2.29. The summed E-state index contributed by atoms with van der Waals surface area (Å²) in [6.45, 7) is 0. The number of benzene rings is 1. The first-order valence-corrected chi connectivity index (χ1v) is 6.42. The van der Waals surface area contributed by atoms with E-state index in [1.807, 2.05) is 6.07 Å². The molecule has 1 atom stereocenters. The summed E-state index contributed by atoms with van der Waals surface area (Å²) in [6, 6.07) is 4.85. The molecule has 0 saturated carbocycles. The third-order valence-corrected chi connectivity index (χ3v) is 4.08. The number of hydrogen-bond acceptors (Lipinski definition) is 3. The van der Waals surface area contributed by atoms with Crippen molar-refractivity contribution in [3.05, 3.63) is 50.6 Å². The molecular weight excluding hydrogens is 291 g/mol. The van der Waals surface area contributed by atoms with Gasteiger partial charge < -0.3 is 5.73 Å². The second-order valence-electron chi connectivity index (χ2n) is 3.43. The van der Waals surface area contributed by atoms with Crippen molar-refractivity contribution in [2.24, 2.45) is 5.73 Å². The van der Waals surface area contributed by atoms with Gasteiger partial charge in [0.2, 0.25) is 0 Å². The SMILES string of the molecule is NC(Cc1cccc(F)c1Br)c1cncs1. The van der Waals surface area contributed by atoms with Crippen LogP contribution in [0.25, 0.3) is 0 Å². The van der Waals surface area contributed by atoms with Crippen LogP contribution in [0, 0.1) is 5.82 Å². The Morgan fingerprint density at radius 2 is 2.31 bits per heavy atom. The van der Waals surface area contributed by atoms with E-state index in [0.29, 0.717) is 10.9 Å². The summed E-state index contributed by atoms with van der Waals surface area (Å²) in [6.07, 6.45) is 2.35. The van der Waals surface area contributed by atoms with Gasteiger partial charge in [-0.3, -0.25) is 4.98 Å². The fraction of sp³-hybridized carbons (Fsp3) is 0.182. The van der Waals surface area contributed by atoms with Gasteiger partial charge in [-0.1, -0.05) is 12.1 Å². The highest BCUT2D eigenvalue weighted by Gasteiger charge is 2.12. The molecule has 0 bridgehead atoms. The molecule has 5 heteroatoms. The predicted octanol–water partition coefficient (Wildman–Crippen LogP) is 3.29. The Morgan fingerprint density at radius 1 is 1.50 bits per heavy atom. The average molecular weight is 301 g/mol. The van der Waals surface area contributed by atoms with Crippen LogP contribution in [-0.2, 0) is 6.42 Å². The van der Waals surface area contributed by atoms with Crippen molar-refractivity contribution in [1.29, 1.82) is 0 Å². The van der Waals surface area contributed by atoms with Gasteiger partial charge in [0, 0.05) is 17.1 Å². The van der Waals surface area contributed by atoms with Gasteiger partial charge in [-0.15, -0.1) is 11.3 Å². The molecule has 0 aliphatic carbocycles. The van der Waals surface area contributed by atoms with Crippen molar-refractivity contribution in [3.63, 3.8) is 0 Å². The van der Waals surface area contributed by atoms with Crippen molar-refractivity contribution in [2.75, 3.05) is 0 Å². The normalized spacial score (nSPS) is 12.7. The maximum absolute atomic E-state index is 13.3. The van der Waals surface area contributed by atoms with Gasteiger partial charge in [0.05, 0.1) is 9.98 Å². The maximum atomic E-state index is 13.3. The average Bonchev–Trinajstić information content (AvgIpc) is 2.78. The van der Waals surface area contributed by atoms with E-state index in [-0.39, 0.29) is 11.9 Å². The number of thiazole rings is 1. The minimum absolute atomic E-state index is 0.134. The Bertz CT molecular complexity index is 473. The zero-order valence-electron chi connectivity index (χ0n) is 8.36. The maximum Gasteiger partial charge on any atom is 0.137 e. The summed E-state index contributed by atoms with van der Waals surface area (Å²) < 4.78 is 13.8. The second-order valence-corrected chi connectivity index (χ2v) is 5.14. The van der Waals surface area contributed by atoms with Gasteiger partial charge in [0.1, 0.15) is 5.82 Å². The molecular formula is C11H10BrFN2S. The molecule has 2 aromatic rings. The van der Waals surface area contributed by atoms with Crippen LogP contribution in [0.5, 0.6) is 0 Å². The number of nitrogens with two attached hydrogens (primary N) is 1. The summed E-state index contributed by atoms with van der Waals surface area (Å²) >= 11 is 4.74. The molecule has 0 aliphatic rings. The summed E-state index contributed by atoms with van der Waals surface area (Å²) in [5.41, 5.74) is 8.64. The van der Waals surface area contributed by atoms with Crippen LogP contribution in [-0.4, -0.2) is 4.98 Å². The Labute approximate surface area is 105 Å². The first-order chi connectivity index (χ1) is 7.68. The molecule has 1 aromatic carbocycles. The van der Waals surface area contributed by atoms with E-state index in [1.165, 1.54) is 17.4 Å². The lowest BCUT2D eigenvalue weighted by Crippen LogP contribution is -2.12. The number of rotatable bonds is 3. The van der Waals surface area contributed by atoms with Crippen LogP contribution in [0.15, 0.2) is 34.4 Å². The highest BCUT2D eigenvalue weighted by molar-refractivity contribution is 9.10. The van der Waals surface area contributed by atoms with Crippen LogP contribution in [0.3, 0.4) is 0 Å². The van der Waals surface area contributed by atoms with E-state index < -0.39 is 0 Å². The van der Waals surface area contributed by atoms with Crippen molar-refractivity contribution in [3.8, 4) is 0 Å². The van der Waals surface area contributed by atoms with Gasteiger partial charge in [-0.05, 0) is 34.0 Å². The van der Waals surface area contributed by atoms with Gasteiger partial charge in [0.25, 0.3) is 0 Å². The lowest BCUT2D eigenvalue weighted by Gasteiger charge is -2.10. The summed E-state index contributed by atoms with van der Waals surface area (Å²) in [4.78, 5) is 4.99. The summed E-state index contributed by atoms with van der Waals surface area (Å²) in [7, 11) is 0. The Balaban J connectivity index is 2.18. The fourth-order valence-corrected chi connectivity index (χ4v) is 2.50. The molecule has 2 rings (SSSR count). The highest BCUT2D eigenvalue weighted by Crippen LogP contribution is 2.26. The van der Waals surface area contributed by atoms with Gasteiger partial charge in [-0.2, -0.15) is 0 Å². The highest BCUT2D eigenvalue weighted by atomic mass is 79.9. The standard InChI is InChI=1S/C11H10BrFN2S/c12-11-7(2-1-3-8(11)13)4-9(14)10-5-15-6-16-10/h1-3,5-6,9H,4,14H2. The minimum Gasteiger partial charge on any atom is -0.323 e. The molecule has 2 nitrogen and oxygen atoms in total. The number of aromatic nitrogens is 1. The monoisotopic (exact) mass is 300 g/mol. The van der Waals surface area contributed by atoms with Crippen molar-refractivity contribution in [1.82, 2.24) is 4.98 Å². The van der Waals surface area contributed by atoms with Crippen LogP contribution >= 0.6 is 27.3 Å². The quantitative estimate of drug-likeness (QED) is 0.945. The predicted molar refractivity (Wildman–Crippen MR) is 66.8 cm³/mol. The van der Waals surface area contributed by atoms with Gasteiger partial charge >= 0.3 is 0 Å². The fourth-order valence-electron chi connectivity index (χ4n) is 1.45. The number of hydrogen-bond donors (Lipinski definition) is 1. The van der Waals surface area contributed by atoms with E-state index in [1.54, 1.807) is 17.8 Å². The van der Waals surface area contributed by atoms with E-state index in [0.717, 1.165) is 10.4 Å². The minimum atomic E-state index is -0.256. The smallest absolute Gasteiger partial charge is 0.137 e. The summed E-state index contributed by atoms with van der Waals surface area (Å²) in [5, 5.41) is 0. The molecule has 0 fully saturated rings. The molecule has 1 aromatic heterocycles. The largest absolute Gasteiger partial charge is 0.323 e. The zero-order valence-corrected chi connectivity index (χ0v) is 10.8.